The van der Waals surface area contributed by atoms with Gasteiger partial charge in [0.05, 0.1) is 29.8 Å². The molecule has 0 saturated carbocycles. The highest BCUT2D eigenvalue weighted by molar-refractivity contribution is 5.77. The Balaban J connectivity index is 2.51. The maximum absolute atomic E-state index is 9.09. The summed E-state index contributed by atoms with van der Waals surface area (Å²) in [7, 11) is 1.95. The summed E-state index contributed by atoms with van der Waals surface area (Å²) in [6.45, 7) is 5.14. The van der Waals surface area contributed by atoms with Crippen molar-refractivity contribution in [3.05, 3.63) is 29.6 Å². The number of aliphatic hydroxyl groups is 1. The molecule has 0 aliphatic carbocycles. The first-order valence-corrected chi connectivity index (χ1v) is 7.29. The van der Waals surface area contributed by atoms with Crippen LogP contribution in [0.4, 0.5) is 0 Å². The molecule has 0 radical (unpaired) electrons. The Kier molecular flexibility index (Phi) is 4.94. The number of nitriles is 1. The van der Waals surface area contributed by atoms with Crippen LogP contribution in [-0.4, -0.2) is 39.8 Å². The highest BCUT2D eigenvalue weighted by Crippen LogP contribution is 2.24. The maximum Gasteiger partial charge on any atom is 0.127 e. The van der Waals surface area contributed by atoms with E-state index >= 15 is 0 Å². The number of aromatic nitrogens is 2. The molecule has 1 aromatic heterocycles. The minimum atomic E-state index is 0.0444. The van der Waals surface area contributed by atoms with Gasteiger partial charge in [-0.2, -0.15) is 5.26 Å². The third kappa shape index (κ3) is 3.07. The van der Waals surface area contributed by atoms with E-state index in [9.17, 15) is 0 Å². The SMILES string of the molecule is CCc1ccc2c(c1)nc(C(C)N(C)CCO)n2CC#N. The third-order valence-corrected chi connectivity index (χ3v) is 3.97. The first-order chi connectivity index (χ1) is 10.1. The van der Waals surface area contributed by atoms with Crippen molar-refractivity contribution in [1.29, 1.82) is 5.26 Å². The van der Waals surface area contributed by atoms with Crippen molar-refractivity contribution in [2.45, 2.75) is 32.9 Å². The van der Waals surface area contributed by atoms with Crippen LogP contribution in [0.3, 0.4) is 0 Å². The molecule has 112 valence electrons. The van der Waals surface area contributed by atoms with E-state index in [1.54, 1.807) is 0 Å². The molecule has 5 nitrogen and oxygen atoms in total. The van der Waals surface area contributed by atoms with Crippen LogP contribution in [0, 0.1) is 11.3 Å². The third-order valence-electron chi connectivity index (χ3n) is 3.97. The lowest BCUT2D eigenvalue weighted by atomic mass is 10.1. The van der Waals surface area contributed by atoms with E-state index in [0.717, 1.165) is 23.3 Å². The smallest absolute Gasteiger partial charge is 0.127 e. The number of imidazole rings is 1. The quantitative estimate of drug-likeness (QED) is 0.883. The van der Waals surface area contributed by atoms with Gasteiger partial charge in [0, 0.05) is 6.54 Å². The average molecular weight is 286 g/mol. The normalized spacial score (nSPS) is 12.8. The molecule has 1 N–H and O–H groups in total. The topological polar surface area (TPSA) is 65.1 Å². The Bertz CT molecular complexity index is 656. The van der Waals surface area contributed by atoms with E-state index in [2.05, 4.69) is 25.1 Å². The number of aliphatic hydroxyl groups excluding tert-OH is 1. The van der Waals surface area contributed by atoms with Gasteiger partial charge in [0.15, 0.2) is 0 Å². The van der Waals surface area contributed by atoms with E-state index in [0.29, 0.717) is 6.54 Å². The molecule has 1 atom stereocenters. The molecular formula is C16H22N4O. The van der Waals surface area contributed by atoms with Gasteiger partial charge in [0.2, 0.25) is 0 Å². The standard InChI is InChI=1S/C16H22N4O/c1-4-13-5-6-15-14(11-13)18-16(20(15)8-7-17)12(2)19(3)9-10-21/h5-6,11-12,21H,4,8-10H2,1-3H3. The molecule has 5 heteroatoms. The van der Waals surface area contributed by atoms with Gasteiger partial charge in [-0.3, -0.25) is 4.90 Å². The molecule has 1 heterocycles. The fourth-order valence-corrected chi connectivity index (χ4v) is 2.52. The van der Waals surface area contributed by atoms with Crippen molar-refractivity contribution in [3.63, 3.8) is 0 Å². The summed E-state index contributed by atoms with van der Waals surface area (Å²) in [5.74, 6) is 0.871. The molecule has 0 bridgehead atoms. The molecule has 21 heavy (non-hydrogen) atoms. The average Bonchev–Trinajstić information content (AvgIpc) is 2.85. The Hall–Kier alpha value is -1.90. The summed E-state index contributed by atoms with van der Waals surface area (Å²) in [5.41, 5.74) is 3.17. The van der Waals surface area contributed by atoms with Gasteiger partial charge in [-0.15, -0.1) is 0 Å². The van der Waals surface area contributed by atoms with Crippen molar-refractivity contribution < 1.29 is 5.11 Å². The number of hydrogen-bond acceptors (Lipinski definition) is 4. The van der Waals surface area contributed by atoms with Gasteiger partial charge < -0.3 is 9.67 Å². The van der Waals surface area contributed by atoms with Crippen molar-refractivity contribution in [2.75, 3.05) is 20.2 Å². The number of benzene rings is 1. The molecule has 0 fully saturated rings. The van der Waals surface area contributed by atoms with E-state index in [-0.39, 0.29) is 19.2 Å². The second kappa shape index (κ2) is 6.70. The molecule has 0 aliphatic rings. The zero-order valence-corrected chi connectivity index (χ0v) is 12.9. The number of rotatable bonds is 6. The fourth-order valence-electron chi connectivity index (χ4n) is 2.52. The molecule has 0 spiro atoms. The summed E-state index contributed by atoms with van der Waals surface area (Å²) in [6.07, 6.45) is 0.969. The van der Waals surface area contributed by atoms with Crippen LogP contribution in [0.25, 0.3) is 11.0 Å². The maximum atomic E-state index is 9.09. The number of fused-ring (bicyclic) bond motifs is 1. The molecule has 0 saturated heterocycles. The highest BCUT2D eigenvalue weighted by Gasteiger charge is 2.19. The fraction of sp³-hybridized carbons (Fsp3) is 0.500. The Morgan fingerprint density at radius 1 is 1.48 bits per heavy atom. The van der Waals surface area contributed by atoms with Crippen LogP contribution in [0.15, 0.2) is 18.2 Å². The summed E-state index contributed by atoms with van der Waals surface area (Å²) < 4.78 is 1.97. The van der Waals surface area contributed by atoms with Crippen LogP contribution in [0.5, 0.6) is 0 Å². The molecular weight excluding hydrogens is 264 g/mol. The van der Waals surface area contributed by atoms with Crippen LogP contribution in [0.2, 0.25) is 0 Å². The van der Waals surface area contributed by atoms with Crippen LogP contribution < -0.4 is 0 Å². The molecule has 2 aromatic rings. The predicted molar refractivity (Wildman–Crippen MR) is 82.9 cm³/mol. The first-order valence-electron chi connectivity index (χ1n) is 7.29. The molecule has 1 aromatic carbocycles. The van der Waals surface area contributed by atoms with Gasteiger partial charge in [0.1, 0.15) is 12.4 Å². The van der Waals surface area contributed by atoms with E-state index in [4.69, 9.17) is 15.4 Å². The summed E-state index contributed by atoms with van der Waals surface area (Å²) >= 11 is 0. The number of likely N-dealkylation sites (N-methyl/N-ethyl adjacent to an activating group) is 1. The summed E-state index contributed by atoms with van der Waals surface area (Å²) in [6, 6.07) is 8.47. The molecule has 2 rings (SSSR count). The number of nitrogens with zero attached hydrogens (tertiary/aromatic N) is 4. The lowest BCUT2D eigenvalue weighted by Gasteiger charge is -2.23. The monoisotopic (exact) mass is 286 g/mol. The molecule has 0 amide bonds. The summed E-state index contributed by atoms with van der Waals surface area (Å²) in [5, 5.41) is 18.2. The second-order valence-corrected chi connectivity index (χ2v) is 5.27. The van der Waals surface area contributed by atoms with Gasteiger partial charge in [-0.05, 0) is 38.1 Å². The van der Waals surface area contributed by atoms with E-state index in [1.807, 2.05) is 29.5 Å². The van der Waals surface area contributed by atoms with E-state index < -0.39 is 0 Å². The first kappa shape index (κ1) is 15.5. The predicted octanol–water partition coefficient (Wildman–Crippen LogP) is 2.11. The molecule has 0 aliphatic heterocycles. The van der Waals surface area contributed by atoms with Gasteiger partial charge in [-0.1, -0.05) is 13.0 Å². The van der Waals surface area contributed by atoms with Crippen LogP contribution in [0.1, 0.15) is 31.3 Å². The van der Waals surface area contributed by atoms with Crippen LogP contribution >= 0.6 is 0 Å². The van der Waals surface area contributed by atoms with Gasteiger partial charge in [-0.25, -0.2) is 4.98 Å². The number of hydrogen-bond donors (Lipinski definition) is 1. The molecule has 1 unspecified atom stereocenters. The zero-order valence-electron chi connectivity index (χ0n) is 12.9. The van der Waals surface area contributed by atoms with Crippen LogP contribution in [-0.2, 0) is 13.0 Å². The lowest BCUT2D eigenvalue weighted by molar-refractivity contribution is 0.183. The van der Waals surface area contributed by atoms with E-state index in [1.165, 1.54) is 5.56 Å². The Labute approximate surface area is 125 Å². The Morgan fingerprint density at radius 3 is 2.86 bits per heavy atom. The van der Waals surface area contributed by atoms with Crippen molar-refractivity contribution >= 4 is 11.0 Å². The van der Waals surface area contributed by atoms with Crippen molar-refractivity contribution in [2.24, 2.45) is 0 Å². The largest absolute Gasteiger partial charge is 0.395 e. The van der Waals surface area contributed by atoms with Crippen molar-refractivity contribution in [1.82, 2.24) is 14.5 Å². The Morgan fingerprint density at radius 2 is 2.24 bits per heavy atom. The van der Waals surface area contributed by atoms with Crippen molar-refractivity contribution in [3.8, 4) is 6.07 Å². The highest BCUT2D eigenvalue weighted by atomic mass is 16.3. The number of aryl methyl sites for hydroxylation is 1. The summed E-state index contributed by atoms with van der Waals surface area (Å²) in [4.78, 5) is 6.77. The minimum Gasteiger partial charge on any atom is -0.395 e. The second-order valence-electron chi connectivity index (χ2n) is 5.27. The zero-order chi connectivity index (χ0) is 15.4. The minimum absolute atomic E-state index is 0.0444. The van der Waals surface area contributed by atoms with Gasteiger partial charge in [0.25, 0.3) is 0 Å². The lowest BCUT2D eigenvalue weighted by Crippen LogP contribution is -2.27. The van der Waals surface area contributed by atoms with Gasteiger partial charge >= 0.3 is 0 Å².